The van der Waals surface area contributed by atoms with Gasteiger partial charge in [-0.25, -0.2) is 4.39 Å². The van der Waals surface area contributed by atoms with Gasteiger partial charge in [-0.3, -0.25) is 19.3 Å². The van der Waals surface area contributed by atoms with Crippen molar-refractivity contribution in [2.45, 2.75) is 58.2 Å². The van der Waals surface area contributed by atoms with Gasteiger partial charge in [-0.05, 0) is 141 Å². The van der Waals surface area contributed by atoms with E-state index < -0.39 is 41.5 Å². The number of nitrogens with zero attached hydrogens (tertiary/aromatic N) is 1. The molecule has 6 N–H and O–H groups in total. The van der Waals surface area contributed by atoms with Crippen molar-refractivity contribution in [2.24, 2.45) is 35.5 Å². The zero-order valence-corrected chi connectivity index (χ0v) is 30.3. The molecule has 284 valence electrons. The minimum absolute atomic E-state index is 0.00779. The van der Waals surface area contributed by atoms with E-state index in [1.807, 2.05) is 42.5 Å². The van der Waals surface area contributed by atoms with E-state index in [9.17, 15) is 29.7 Å². The van der Waals surface area contributed by atoms with Gasteiger partial charge in [0.25, 0.3) is 0 Å². The number of benzene rings is 3. The Morgan fingerprint density at radius 1 is 0.566 bits per heavy atom. The van der Waals surface area contributed by atoms with Gasteiger partial charge in [-0.1, -0.05) is 54.6 Å². The molecule has 53 heavy (non-hydrogen) atoms. The molecule has 3 fully saturated rings. The van der Waals surface area contributed by atoms with Gasteiger partial charge >= 0.3 is 17.9 Å². The molecular weight excluding hydrogens is 675 g/mol. The number of carboxylic acid groups (broad SMARTS) is 3. The van der Waals surface area contributed by atoms with Crippen LogP contribution in [0.25, 0.3) is 0 Å². The van der Waals surface area contributed by atoms with Crippen LogP contribution in [0.15, 0.2) is 66.7 Å². The van der Waals surface area contributed by atoms with Crippen molar-refractivity contribution in [3.05, 3.63) is 106 Å². The molecule has 0 amide bonds. The lowest BCUT2D eigenvalue weighted by atomic mass is 9.85. The molecule has 0 aliphatic carbocycles. The minimum Gasteiger partial charge on any atom is -0.481 e. The number of rotatable bonds is 18. The van der Waals surface area contributed by atoms with Gasteiger partial charge in [0.05, 0.1) is 17.8 Å². The van der Waals surface area contributed by atoms with Crippen LogP contribution in [0.3, 0.4) is 0 Å². The summed E-state index contributed by atoms with van der Waals surface area (Å²) in [4.78, 5) is 39.0. The van der Waals surface area contributed by atoms with Crippen LogP contribution in [-0.2, 0) is 53.3 Å². The van der Waals surface area contributed by atoms with Gasteiger partial charge in [0.2, 0.25) is 0 Å². The first-order chi connectivity index (χ1) is 25.6. The number of nitrogens with one attached hydrogen (secondary N) is 3. The second-order valence-electron chi connectivity index (χ2n) is 15.5. The maximum atomic E-state index is 15.2. The normalized spacial score (nSPS) is 21.8. The lowest BCUT2D eigenvalue weighted by molar-refractivity contribution is -0.144. The third-order valence-corrected chi connectivity index (χ3v) is 11.5. The molecule has 3 aliphatic heterocycles. The van der Waals surface area contributed by atoms with Crippen molar-refractivity contribution in [3.8, 4) is 0 Å². The Morgan fingerprint density at radius 2 is 0.925 bits per heavy atom. The van der Waals surface area contributed by atoms with Gasteiger partial charge in [0, 0.05) is 19.6 Å². The van der Waals surface area contributed by atoms with Gasteiger partial charge < -0.3 is 31.3 Å². The molecule has 3 aromatic carbocycles. The van der Waals surface area contributed by atoms with Crippen LogP contribution in [0.1, 0.15) is 52.6 Å². The Kier molecular flexibility index (Phi) is 13.3. The molecular formula is C42H53FN4O6. The first-order valence-corrected chi connectivity index (χ1v) is 19.1. The third-order valence-electron chi connectivity index (χ3n) is 11.5. The molecule has 11 heteroatoms. The quantitative estimate of drug-likeness (QED) is 0.110. The summed E-state index contributed by atoms with van der Waals surface area (Å²) in [6.45, 7) is 5.88. The summed E-state index contributed by atoms with van der Waals surface area (Å²) in [6, 6.07) is 20.9. The van der Waals surface area contributed by atoms with E-state index in [1.54, 1.807) is 0 Å². The summed E-state index contributed by atoms with van der Waals surface area (Å²) in [5.41, 5.74) is 5.32. The third kappa shape index (κ3) is 10.7. The molecule has 3 aromatic rings. The van der Waals surface area contributed by atoms with Crippen molar-refractivity contribution < 1.29 is 34.1 Å². The first kappa shape index (κ1) is 38.6. The Labute approximate surface area is 311 Å². The zero-order chi connectivity index (χ0) is 37.3. The van der Waals surface area contributed by atoms with Crippen LogP contribution >= 0.6 is 0 Å². The summed E-state index contributed by atoms with van der Waals surface area (Å²) in [5, 5.41) is 40.0. The van der Waals surface area contributed by atoms with Crippen LogP contribution in [-0.4, -0.2) is 77.4 Å². The molecule has 3 aliphatic rings. The van der Waals surface area contributed by atoms with E-state index in [0.717, 1.165) is 66.7 Å². The lowest BCUT2D eigenvalue weighted by Gasteiger charge is -2.25. The van der Waals surface area contributed by atoms with E-state index >= 15 is 4.39 Å². The van der Waals surface area contributed by atoms with Crippen molar-refractivity contribution in [3.63, 3.8) is 0 Å². The van der Waals surface area contributed by atoms with Crippen LogP contribution < -0.4 is 16.0 Å². The average Bonchev–Trinajstić information content (AvgIpc) is 3.93. The highest BCUT2D eigenvalue weighted by Crippen LogP contribution is 2.28. The van der Waals surface area contributed by atoms with E-state index in [4.69, 9.17) is 0 Å². The number of hydrogen-bond acceptors (Lipinski definition) is 7. The molecule has 3 heterocycles. The topological polar surface area (TPSA) is 151 Å². The molecule has 0 radical (unpaired) electrons. The molecule has 0 unspecified atom stereocenters. The van der Waals surface area contributed by atoms with Crippen LogP contribution in [0.2, 0.25) is 0 Å². The fourth-order valence-electron chi connectivity index (χ4n) is 8.77. The highest BCUT2D eigenvalue weighted by molar-refractivity contribution is 5.72. The maximum absolute atomic E-state index is 15.2. The van der Waals surface area contributed by atoms with Crippen LogP contribution in [0.5, 0.6) is 0 Å². The fourth-order valence-corrected chi connectivity index (χ4v) is 8.77. The second-order valence-corrected chi connectivity index (χ2v) is 15.5. The van der Waals surface area contributed by atoms with Crippen molar-refractivity contribution >= 4 is 17.9 Å². The Morgan fingerprint density at radius 3 is 1.32 bits per heavy atom. The summed E-state index contributed by atoms with van der Waals surface area (Å²) >= 11 is 0. The molecule has 0 spiro atoms. The van der Waals surface area contributed by atoms with E-state index in [-0.39, 0.29) is 24.2 Å². The summed E-state index contributed by atoms with van der Waals surface area (Å²) in [5.74, 6) is -4.24. The second kappa shape index (κ2) is 18.2. The number of carbonyl (C=O) groups is 3. The SMILES string of the molecule is O=C(O)[C@@H](Cc1cccc(CN(Cc2cccc(C[C@H](C(=O)O)[C@H]3CCNC3)c2)Cc2cc(F)cc(C[C@H](C(=O)O)[C@H]3CCNC3)c2)c1)[C@H]1CCNC1. The van der Waals surface area contributed by atoms with E-state index in [1.165, 1.54) is 12.1 Å². The molecule has 0 bridgehead atoms. The van der Waals surface area contributed by atoms with Crippen molar-refractivity contribution in [2.75, 3.05) is 39.3 Å². The largest absolute Gasteiger partial charge is 0.481 e. The Hall–Kier alpha value is -4.16. The highest BCUT2D eigenvalue weighted by atomic mass is 19.1. The number of aliphatic carboxylic acids is 3. The fraction of sp³-hybridized carbons (Fsp3) is 0.500. The molecule has 10 nitrogen and oxygen atoms in total. The molecule has 6 atom stereocenters. The van der Waals surface area contributed by atoms with E-state index in [2.05, 4.69) is 33.0 Å². The molecule has 3 saturated heterocycles. The summed E-state index contributed by atoms with van der Waals surface area (Å²) < 4.78 is 15.2. The Balaban J connectivity index is 1.24. The maximum Gasteiger partial charge on any atom is 0.307 e. The standard InChI is InChI=1S/C42H53FN4O6/c43-36-16-31(20-39(42(52)53)35-9-12-46-23-35)15-32(17-36)26-47(24-29-5-1-3-27(13-29)18-37(40(48)49)33-7-10-44-21-33)25-30-6-2-4-28(14-30)19-38(41(50)51)34-8-11-45-22-34/h1-6,13-17,33-35,37-39,44-46H,7-12,18-26H2,(H,48,49)(H,50,51)(H,52,53)/t33-,34-,35-,37-,38-,39-/m0/s1. The molecule has 6 rings (SSSR count). The Bertz CT molecular complexity index is 1640. The number of halogens is 1. The number of carboxylic acids is 3. The first-order valence-electron chi connectivity index (χ1n) is 19.1. The van der Waals surface area contributed by atoms with Crippen molar-refractivity contribution in [1.82, 2.24) is 20.9 Å². The zero-order valence-electron chi connectivity index (χ0n) is 30.3. The highest BCUT2D eigenvalue weighted by Gasteiger charge is 2.33. The van der Waals surface area contributed by atoms with Crippen LogP contribution in [0.4, 0.5) is 4.39 Å². The minimum atomic E-state index is -0.866. The smallest absolute Gasteiger partial charge is 0.307 e. The predicted molar refractivity (Wildman–Crippen MR) is 200 cm³/mol. The summed E-state index contributed by atoms with van der Waals surface area (Å²) in [7, 11) is 0. The molecule has 0 aromatic heterocycles. The molecule has 0 saturated carbocycles. The van der Waals surface area contributed by atoms with E-state index in [0.29, 0.717) is 57.7 Å². The van der Waals surface area contributed by atoms with Gasteiger partial charge in [0.1, 0.15) is 5.82 Å². The predicted octanol–water partition coefficient (Wildman–Crippen LogP) is 4.59. The van der Waals surface area contributed by atoms with Gasteiger partial charge in [-0.2, -0.15) is 0 Å². The van der Waals surface area contributed by atoms with Gasteiger partial charge in [0.15, 0.2) is 0 Å². The number of hydrogen-bond donors (Lipinski definition) is 6. The average molecular weight is 729 g/mol. The van der Waals surface area contributed by atoms with Crippen molar-refractivity contribution in [1.29, 1.82) is 0 Å². The monoisotopic (exact) mass is 728 g/mol. The van der Waals surface area contributed by atoms with Gasteiger partial charge in [-0.15, -0.1) is 0 Å². The van der Waals surface area contributed by atoms with Crippen LogP contribution in [0, 0.1) is 41.3 Å². The summed E-state index contributed by atoms with van der Waals surface area (Å²) in [6.07, 6.45) is 3.59. The lowest BCUT2D eigenvalue weighted by Crippen LogP contribution is -2.28.